The molecular weight excluding hydrogens is 502 g/mol. The van der Waals surface area contributed by atoms with Gasteiger partial charge in [-0.2, -0.15) is 0 Å². The fraction of sp³-hybridized carbons (Fsp3) is 0.267. The molecule has 0 bridgehead atoms. The molecule has 39 heavy (non-hydrogen) atoms. The van der Waals surface area contributed by atoms with Crippen LogP contribution in [-0.4, -0.2) is 39.9 Å². The third kappa shape index (κ3) is 5.72. The lowest BCUT2D eigenvalue weighted by Gasteiger charge is -2.32. The van der Waals surface area contributed by atoms with Gasteiger partial charge >= 0.3 is 0 Å². The van der Waals surface area contributed by atoms with E-state index in [1.807, 2.05) is 31.2 Å². The van der Waals surface area contributed by atoms with Crippen LogP contribution in [0, 0.1) is 25.5 Å². The van der Waals surface area contributed by atoms with Gasteiger partial charge in [0.25, 0.3) is 5.91 Å². The Labute approximate surface area is 224 Å². The summed E-state index contributed by atoms with van der Waals surface area (Å²) in [5.41, 5.74) is 4.42. The number of rotatable bonds is 6. The van der Waals surface area contributed by atoms with Crippen molar-refractivity contribution in [2.75, 3.05) is 18.4 Å². The van der Waals surface area contributed by atoms with E-state index in [1.165, 1.54) is 12.3 Å². The average molecular weight is 531 g/mol. The van der Waals surface area contributed by atoms with Crippen LogP contribution in [-0.2, 0) is 11.2 Å². The molecule has 0 atom stereocenters. The minimum absolute atomic E-state index is 0.137. The lowest BCUT2D eigenvalue weighted by atomic mass is 9.89. The van der Waals surface area contributed by atoms with Crippen molar-refractivity contribution in [2.24, 2.45) is 0 Å². The summed E-state index contributed by atoms with van der Waals surface area (Å²) in [7, 11) is 0. The Hall–Kier alpha value is -4.40. The average Bonchev–Trinajstić information content (AvgIpc) is 3.26. The van der Waals surface area contributed by atoms with Crippen molar-refractivity contribution in [3.8, 4) is 11.3 Å². The van der Waals surface area contributed by atoms with Crippen molar-refractivity contribution in [2.45, 2.75) is 39.0 Å². The number of anilines is 1. The normalized spacial score (nSPS) is 13.9. The number of piperidine rings is 1. The molecule has 7 nitrogen and oxygen atoms in total. The highest BCUT2D eigenvalue weighted by atomic mass is 19.2. The van der Waals surface area contributed by atoms with E-state index >= 15 is 0 Å². The number of pyridine rings is 1. The second-order valence-corrected chi connectivity index (χ2v) is 9.74. The van der Waals surface area contributed by atoms with Crippen LogP contribution < -0.4 is 5.32 Å². The van der Waals surface area contributed by atoms with Gasteiger partial charge in [-0.1, -0.05) is 17.3 Å². The molecule has 0 saturated carbocycles. The molecule has 1 saturated heterocycles. The molecule has 2 aromatic heterocycles. The molecule has 3 heterocycles. The Kier molecular flexibility index (Phi) is 7.49. The van der Waals surface area contributed by atoms with E-state index in [9.17, 15) is 18.4 Å². The van der Waals surface area contributed by atoms with E-state index in [0.717, 1.165) is 36.1 Å². The van der Waals surface area contributed by atoms with Gasteiger partial charge in [-0.3, -0.25) is 14.6 Å². The lowest BCUT2D eigenvalue weighted by Crippen LogP contribution is -2.38. The molecule has 4 aromatic rings. The van der Waals surface area contributed by atoms with Crippen molar-refractivity contribution >= 4 is 17.5 Å². The monoisotopic (exact) mass is 530 g/mol. The Bertz CT molecular complexity index is 1490. The van der Waals surface area contributed by atoms with Crippen LogP contribution in [0.15, 0.2) is 65.3 Å². The van der Waals surface area contributed by atoms with Gasteiger partial charge < -0.3 is 14.7 Å². The molecule has 2 amide bonds. The van der Waals surface area contributed by atoms with Gasteiger partial charge in [0.2, 0.25) is 5.91 Å². The Morgan fingerprint density at radius 1 is 1.03 bits per heavy atom. The summed E-state index contributed by atoms with van der Waals surface area (Å²) in [6.45, 7) is 4.73. The summed E-state index contributed by atoms with van der Waals surface area (Å²) in [6, 6.07) is 14.6. The summed E-state index contributed by atoms with van der Waals surface area (Å²) in [5.74, 6) is -1.33. The van der Waals surface area contributed by atoms with Crippen LogP contribution >= 0.6 is 0 Å². The molecule has 9 heteroatoms. The van der Waals surface area contributed by atoms with Crippen molar-refractivity contribution in [3.05, 3.63) is 101 Å². The van der Waals surface area contributed by atoms with Gasteiger partial charge in [0.05, 0.1) is 23.4 Å². The van der Waals surface area contributed by atoms with Gasteiger partial charge in [-0.05, 0) is 80.6 Å². The minimum Gasteiger partial charge on any atom is -0.361 e. The number of amides is 2. The number of nitrogens with one attached hydrogen (secondary N) is 1. The molecule has 1 aliphatic heterocycles. The van der Waals surface area contributed by atoms with E-state index < -0.39 is 11.6 Å². The number of hydrogen-bond donors (Lipinski definition) is 1. The maximum absolute atomic E-state index is 13.8. The van der Waals surface area contributed by atoms with Crippen molar-refractivity contribution in [1.82, 2.24) is 15.0 Å². The van der Waals surface area contributed by atoms with Crippen LogP contribution in [0.3, 0.4) is 0 Å². The summed E-state index contributed by atoms with van der Waals surface area (Å²) < 4.78 is 32.4. The van der Waals surface area contributed by atoms with Gasteiger partial charge in [0, 0.05) is 36.1 Å². The molecule has 0 unspecified atom stereocenters. The lowest BCUT2D eigenvalue weighted by molar-refractivity contribution is -0.115. The molecule has 2 aromatic carbocycles. The Morgan fingerprint density at radius 3 is 2.44 bits per heavy atom. The number of carbonyl (C=O) groups is 2. The number of nitrogens with zero attached hydrogens (tertiary/aromatic N) is 3. The maximum atomic E-state index is 13.8. The maximum Gasteiger partial charge on any atom is 0.256 e. The zero-order valence-corrected chi connectivity index (χ0v) is 21.7. The predicted molar refractivity (Wildman–Crippen MR) is 142 cm³/mol. The quantitative estimate of drug-likeness (QED) is 0.339. The molecule has 1 aliphatic rings. The van der Waals surface area contributed by atoms with Crippen LogP contribution in [0.4, 0.5) is 14.5 Å². The Morgan fingerprint density at radius 2 is 1.77 bits per heavy atom. The summed E-state index contributed by atoms with van der Waals surface area (Å²) >= 11 is 0. The van der Waals surface area contributed by atoms with Gasteiger partial charge in [0.1, 0.15) is 5.76 Å². The first kappa shape index (κ1) is 26.2. The molecule has 1 N–H and O–H groups in total. The SMILES string of the molecule is Cc1noc(C)c1CC(=O)Nc1ccc(C2CCN(C(=O)c3cccnc3-c3ccc(F)c(F)c3)CC2)cc1. The predicted octanol–water partition coefficient (Wildman–Crippen LogP) is 5.83. The Balaban J connectivity index is 1.20. The zero-order chi connectivity index (χ0) is 27.5. The summed E-state index contributed by atoms with van der Waals surface area (Å²) in [6.07, 6.45) is 3.29. The highest BCUT2D eigenvalue weighted by molar-refractivity contribution is 6.00. The standard InChI is InChI=1S/C30H28F2N4O3/c1-18-25(19(2)39-35-18)17-28(37)34-23-8-5-20(6-9-23)21-11-14-36(15-12-21)30(38)24-4-3-13-33-29(24)22-7-10-26(31)27(32)16-22/h3-10,13,16,21H,11-12,14-15,17H2,1-2H3,(H,34,37). The van der Waals surface area contributed by atoms with E-state index in [1.54, 1.807) is 24.0 Å². The van der Waals surface area contributed by atoms with Gasteiger partial charge in [0.15, 0.2) is 11.6 Å². The van der Waals surface area contributed by atoms with E-state index in [2.05, 4.69) is 15.5 Å². The van der Waals surface area contributed by atoms with Crippen LogP contribution in [0.2, 0.25) is 0 Å². The first-order valence-corrected chi connectivity index (χ1v) is 12.8. The molecule has 0 spiro atoms. The van der Waals surface area contributed by atoms with E-state index in [0.29, 0.717) is 47.1 Å². The number of hydrogen-bond acceptors (Lipinski definition) is 5. The first-order valence-electron chi connectivity index (χ1n) is 12.8. The number of aryl methyl sites for hydroxylation is 2. The highest BCUT2D eigenvalue weighted by Crippen LogP contribution is 2.31. The molecule has 0 aliphatic carbocycles. The number of benzene rings is 2. The van der Waals surface area contributed by atoms with Crippen LogP contribution in [0.1, 0.15) is 51.7 Å². The fourth-order valence-corrected chi connectivity index (χ4v) is 5.00. The molecule has 200 valence electrons. The second-order valence-electron chi connectivity index (χ2n) is 9.74. The summed E-state index contributed by atoms with van der Waals surface area (Å²) in [5, 5.41) is 6.81. The number of halogens is 2. The summed E-state index contributed by atoms with van der Waals surface area (Å²) in [4.78, 5) is 31.9. The highest BCUT2D eigenvalue weighted by Gasteiger charge is 2.27. The van der Waals surface area contributed by atoms with Crippen molar-refractivity contribution in [3.63, 3.8) is 0 Å². The topological polar surface area (TPSA) is 88.3 Å². The minimum atomic E-state index is -0.983. The van der Waals surface area contributed by atoms with Gasteiger partial charge in [-0.15, -0.1) is 0 Å². The molecule has 1 fully saturated rings. The van der Waals surface area contributed by atoms with Crippen LogP contribution in [0.25, 0.3) is 11.3 Å². The number of aromatic nitrogens is 2. The number of carbonyl (C=O) groups excluding carboxylic acids is 2. The van der Waals surface area contributed by atoms with E-state index in [4.69, 9.17) is 4.52 Å². The van der Waals surface area contributed by atoms with Crippen molar-refractivity contribution in [1.29, 1.82) is 0 Å². The largest absolute Gasteiger partial charge is 0.361 e. The molecule has 5 rings (SSSR count). The smallest absolute Gasteiger partial charge is 0.256 e. The molecular formula is C30H28F2N4O3. The third-order valence-corrected chi connectivity index (χ3v) is 7.20. The first-order chi connectivity index (χ1) is 18.8. The van der Waals surface area contributed by atoms with Crippen molar-refractivity contribution < 1.29 is 22.9 Å². The number of likely N-dealkylation sites (tertiary alicyclic amines) is 1. The van der Waals surface area contributed by atoms with E-state index in [-0.39, 0.29) is 24.2 Å². The third-order valence-electron chi connectivity index (χ3n) is 7.20. The zero-order valence-electron chi connectivity index (χ0n) is 21.7. The van der Waals surface area contributed by atoms with Crippen LogP contribution in [0.5, 0.6) is 0 Å². The fourth-order valence-electron chi connectivity index (χ4n) is 5.00. The molecule has 0 radical (unpaired) electrons. The van der Waals surface area contributed by atoms with Gasteiger partial charge in [-0.25, -0.2) is 8.78 Å². The second kappa shape index (κ2) is 11.1.